The minimum absolute atomic E-state index is 0.462. The molecule has 2 rings (SSSR count). The molecule has 0 bridgehead atoms. The molecule has 4 heteroatoms. The normalized spacial score (nSPS) is 15.8. The molecule has 1 fully saturated rings. The summed E-state index contributed by atoms with van der Waals surface area (Å²) in [5, 5.41) is 8.95. The Bertz CT molecular complexity index is 430. The summed E-state index contributed by atoms with van der Waals surface area (Å²) in [5.74, 6) is 0.718. The predicted molar refractivity (Wildman–Crippen MR) is 66.8 cm³/mol. The van der Waals surface area contributed by atoms with E-state index in [0.717, 1.165) is 18.2 Å². The fraction of sp³-hybridized carbons (Fsp3) is 0.615. The lowest BCUT2D eigenvalue weighted by atomic mass is 10.2. The second kappa shape index (κ2) is 5.13. The van der Waals surface area contributed by atoms with E-state index in [1.165, 1.54) is 25.7 Å². The van der Waals surface area contributed by atoms with Crippen LogP contribution in [0.3, 0.4) is 0 Å². The van der Waals surface area contributed by atoms with Crippen LogP contribution in [0.1, 0.15) is 44.0 Å². The number of hydrogen-bond acceptors (Lipinski definition) is 4. The van der Waals surface area contributed by atoms with Crippen LogP contribution in [0.4, 0.5) is 5.95 Å². The molecule has 0 aliphatic heterocycles. The summed E-state index contributed by atoms with van der Waals surface area (Å²) in [6, 6.07) is 4.38. The average Bonchev–Trinajstić information content (AvgIpc) is 2.83. The fourth-order valence-electron chi connectivity index (χ4n) is 2.52. The van der Waals surface area contributed by atoms with E-state index >= 15 is 0 Å². The molecule has 0 amide bonds. The van der Waals surface area contributed by atoms with Gasteiger partial charge in [-0.15, -0.1) is 0 Å². The molecular weight excluding hydrogens is 212 g/mol. The Kier molecular flexibility index (Phi) is 3.58. The summed E-state index contributed by atoms with van der Waals surface area (Å²) < 4.78 is 0. The third-order valence-corrected chi connectivity index (χ3v) is 3.32. The maximum atomic E-state index is 8.95. The highest BCUT2D eigenvalue weighted by molar-refractivity contribution is 5.37. The first-order valence-electron chi connectivity index (χ1n) is 6.27. The summed E-state index contributed by atoms with van der Waals surface area (Å²) in [6.07, 6.45) is 5.01. The number of nitriles is 1. The fourth-order valence-corrected chi connectivity index (χ4v) is 2.52. The summed E-state index contributed by atoms with van der Waals surface area (Å²) >= 11 is 0. The molecule has 1 aromatic rings. The van der Waals surface area contributed by atoms with Crippen molar-refractivity contribution < 1.29 is 0 Å². The van der Waals surface area contributed by atoms with Crippen molar-refractivity contribution in [2.24, 2.45) is 0 Å². The van der Waals surface area contributed by atoms with Crippen molar-refractivity contribution in [3.63, 3.8) is 0 Å². The van der Waals surface area contributed by atoms with Crippen LogP contribution in [0.15, 0.2) is 6.07 Å². The molecule has 1 aliphatic carbocycles. The molecule has 17 heavy (non-hydrogen) atoms. The lowest BCUT2D eigenvalue weighted by molar-refractivity contribution is 0.604. The van der Waals surface area contributed by atoms with E-state index in [1.54, 1.807) is 6.07 Å². The first-order valence-corrected chi connectivity index (χ1v) is 6.27. The number of nitrogens with zero attached hydrogens (tertiary/aromatic N) is 4. The molecule has 1 aliphatic rings. The van der Waals surface area contributed by atoms with Gasteiger partial charge < -0.3 is 4.90 Å². The van der Waals surface area contributed by atoms with Gasteiger partial charge in [0.1, 0.15) is 11.8 Å². The molecule has 0 radical (unpaired) electrons. The molecule has 0 atom stereocenters. The summed E-state index contributed by atoms with van der Waals surface area (Å²) in [6.45, 7) is 4.93. The van der Waals surface area contributed by atoms with Crippen molar-refractivity contribution in [2.75, 3.05) is 11.4 Å². The van der Waals surface area contributed by atoms with Gasteiger partial charge in [0.05, 0.1) is 0 Å². The molecule has 0 unspecified atom stereocenters. The van der Waals surface area contributed by atoms with E-state index < -0.39 is 0 Å². The monoisotopic (exact) mass is 230 g/mol. The van der Waals surface area contributed by atoms with Crippen LogP contribution in [-0.4, -0.2) is 22.6 Å². The lowest BCUT2D eigenvalue weighted by Gasteiger charge is -2.27. The van der Waals surface area contributed by atoms with Gasteiger partial charge in [0.2, 0.25) is 5.95 Å². The first kappa shape index (κ1) is 11.8. The van der Waals surface area contributed by atoms with Gasteiger partial charge in [-0.2, -0.15) is 5.26 Å². The van der Waals surface area contributed by atoms with Gasteiger partial charge >= 0.3 is 0 Å². The zero-order valence-corrected chi connectivity index (χ0v) is 10.5. The van der Waals surface area contributed by atoms with E-state index in [-0.39, 0.29) is 0 Å². The van der Waals surface area contributed by atoms with Crippen LogP contribution >= 0.6 is 0 Å². The van der Waals surface area contributed by atoms with E-state index in [9.17, 15) is 0 Å². The largest absolute Gasteiger partial charge is 0.338 e. The standard InChI is InChI=1S/C13H18N4/c1-3-17(12-6-4-5-7-12)13-15-10(2)8-11(9-14)16-13/h8,12H,3-7H2,1-2H3. The van der Waals surface area contributed by atoms with Gasteiger partial charge in [-0.3, -0.25) is 0 Å². The van der Waals surface area contributed by atoms with Crippen molar-refractivity contribution in [1.82, 2.24) is 9.97 Å². The van der Waals surface area contributed by atoms with Gasteiger partial charge in [-0.25, -0.2) is 9.97 Å². The van der Waals surface area contributed by atoms with Crippen molar-refractivity contribution in [3.05, 3.63) is 17.5 Å². The van der Waals surface area contributed by atoms with Crippen LogP contribution in [0.25, 0.3) is 0 Å². The second-order valence-corrected chi connectivity index (χ2v) is 4.53. The van der Waals surface area contributed by atoms with Gasteiger partial charge in [-0.05, 0) is 32.8 Å². The smallest absolute Gasteiger partial charge is 0.227 e. The quantitative estimate of drug-likeness (QED) is 0.800. The molecule has 0 aromatic carbocycles. The van der Waals surface area contributed by atoms with E-state index in [4.69, 9.17) is 5.26 Å². The van der Waals surface area contributed by atoms with E-state index in [2.05, 4.69) is 27.9 Å². The van der Waals surface area contributed by atoms with Gasteiger partial charge in [0.15, 0.2) is 0 Å². The lowest BCUT2D eigenvalue weighted by Crippen LogP contribution is -2.34. The van der Waals surface area contributed by atoms with Crippen LogP contribution in [0, 0.1) is 18.3 Å². The van der Waals surface area contributed by atoms with Crippen LogP contribution < -0.4 is 4.90 Å². The minimum Gasteiger partial charge on any atom is -0.338 e. The van der Waals surface area contributed by atoms with Crippen molar-refractivity contribution in [2.45, 2.75) is 45.6 Å². The maximum absolute atomic E-state index is 8.95. The highest BCUT2D eigenvalue weighted by Gasteiger charge is 2.23. The molecule has 90 valence electrons. The number of aromatic nitrogens is 2. The Hall–Kier alpha value is -1.63. The van der Waals surface area contributed by atoms with Crippen LogP contribution in [0.2, 0.25) is 0 Å². The summed E-state index contributed by atoms with van der Waals surface area (Å²) in [4.78, 5) is 11.0. The van der Waals surface area contributed by atoms with Crippen molar-refractivity contribution in [1.29, 1.82) is 5.26 Å². The Morgan fingerprint density at radius 3 is 2.71 bits per heavy atom. The topological polar surface area (TPSA) is 52.8 Å². The Morgan fingerprint density at radius 2 is 2.12 bits per heavy atom. The highest BCUT2D eigenvalue weighted by Crippen LogP contribution is 2.26. The number of hydrogen-bond donors (Lipinski definition) is 0. The van der Waals surface area contributed by atoms with Crippen molar-refractivity contribution >= 4 is 5.95 Å². The van der Waals surface area contributed by atoms with E-state index in [0.29, 0.717) is 11.7 Å². The van der Waals surface area contributed by atoms with Crippen LogP contribution in [0.5, 0.6) is 0 Å². The number of aryl methyl sites for hydroxylation is 1. The Balaban J connectivity index is 2.30. The predicted octanol–water partition coefficient (Wildman–Crippen LogP) is 2.43. The SMILES string of the molecule is CCN(c1nc(C)cc(C#N)n1)C1CCCC1. The number of anilines is 1. The average molecular weight is 230 g/mol. The van der Waals surface area contributed by atoms with Gasteiger partial charge in [-0.1, -0.05) is 12.8 Å². The zero-order valence-electron chi connectivity index (χ0n) is 10.5. The zero-order chi connectivity index (χ0) is 12.3. The maximum Gasteiger partial charge on any atom is 0.227 e. The van der Waals surface area contributed by atoms with E-state index in [1.807, 2.05) is 6.92 Å². The molecule has 1 aromatic heterocycles. The first-order chi connectivity index (χ1) is 8.24. The van der Waals surface area contributed by atoms with Gasteiger partial charge in [0, 0.05) is 18.3 Å². The summed E-state index contributed by atoms with van der Waals surface area (Å²) in [7, 11) is 0. The minimum atomic E-state index is 0.462. The third-order valence-electron chi connectivity index (χ3n) is 3.32. The molecule has 0 spiro atoms. The summed E-state index contributed by atoms with van der Waals surface area (Å²) in [5.41, 5.74) is 1.33. The Morgan fingerprint density at radius 1 is 1.41 bits per heavy atom. The molecule has 1 heterocycles. The Labute approximate surface area is 102 Å². The van der Waals surface area contributed by atoms with Crippen LogP contribution in [-0.2, 0) is 0 Å². The molecular formula is C13H18N4. The highest BCUT2D eigenvalue weighted by atomic mass is 15.3. The molecule has 0 N–H and O–H groups in total. The second-order valence-electron chi connectivity index (χ2n) is 4.53. The number of rotatable bonds is 3. The molecule has 1 saturated carbocycles. The van der Waals surface area contributed by atoms with Crippen molar-refractivity contribution in [3.8, 4) is 6.07 Å². The third kappa shape index (κ3) is 2.55. The molecule has 0 saturated heterocycles. The molecule has 4 nitrogen and oxygen atoms in total. The van der Waals surface area contributed by atoms with Gasteiger partial charge in [0.25, 0.3) is 0 Å².